The molecule has 4 aliphatic rings. The molecule has 2 saturated heterocycles. The van der Waals surface area contributed by atoms with Gasteiger partial charge in [-0.3, -0.25) is 29.0 Å². The summed E-state index contributed by atoms with van der Waals surface area (Å²) in [6.07, 6.45) is 12.9. The predicted octanol–water partition coefficient (Wildman–Crippen LogP) is 3.57. The predicted molar refractivity (Wildman–Crippen MR) is 108 cm³/mol. The molecule has 2 heterocycles. The number of hydrogen-bond acceptors (Lipinski definition) is 4. The number of carbonyl (C=O) groups excluding carboxylic acids is 4. The standard InChI is InChI=1S/C23H34N2O4/c26-20-3-1-4-21(27)24(20)18-11-7-16(8-12-18)15-17-9-13-19(14-10-17)25-22(28)5-2-6-23(25)29/h16-19H,1-15H2. The molecule has 4 rings (SSSR count). The van der Waals surface area contributed by atoms with Gasteiger partial charge in [-0.1, -0.05) is 0 Å². The molecule has 0 atom stereocenters. The normalized spacial score (nSPS) is 34.6. The summed E-state index contributed by atoms with van der Waals surface area (Å²) in [7, 11) is 0. The lowest BCUT2D eigenvalue weighted by atomic mass is 9.75. The molecular weight excluding hydrogens is 368 g/mol. The molecule has 6 nitrogen and oxygen atoms in total. The van der Waals surface area contributed by atoms with Gasteiger partial charge in [0.05, 0.1) is 0 Å². The van der Waals surface area contributed by atoms with Gasteiger partial charge >= 0.3 is 0 Å². The Hall–Kier alpha value is -1.72. The van der Waals surface area contributed by atoms with E-state index in [1.807, 2.05) is 0 Å². The van der Waals surface area contributed by atoms with Crippen molar-refractivity contribution in [3.05, 3.63) is 0 Å². The second kappa shape index (κ2) is 8.97. The molecule has 0 spiro atoms. The van der Waals surface area contributed by atoms with Crippen LogP contribution in [0.25, 0.3) is 0 Å². The van der Waals surface area contributed by atoms with Crippen molar-refractivity contribution < 1.29 is 19.2 Å². The molecular formula is C23H34N2O4. The summed E-state index contributed by atoms with van der Waals surface area (Å²) in [4.78, 5) is 51.8. The molecule has 2 aliphatic carbocycles. The van der Waals surface area contributed by atoms with E-state index in [2.05, 4.69) is 0 Å². The SMILES string of the molecule is O=C1CCCC(=O)N1C1CCC(CC2CCC(N3C(=O)CCCC3=O)CC2)CC1. The van der Waals surface area contributed by atoms with E-state index in [0.717, 1.165) is 51.4 Å². The van der Waals surface area contributed by atoms with Gasteiger partial charge in [-0.15, -0.1) is 0 Å². The monoisotopic (exact) mass is 402 g/mol. The van der Waals surface area contributed by atoms with Gasteiger partial charge in [0.1, 0.15) is 0 Å². The lowest BCUT2D eigenvalue weighted by Gasteiger charge is -2.40. The van der Waals surface area contributed by atoms with Gasteiger partial charge in [0.25, 0.3) is 0 Å². The summed E-state index contributed by atoms with van der Waals surface area (Å²) in [5, 5.41) is 0. The fourth-order valence-corrected chi connectivity index (χ4v) is 6.11. The Morgan fingerprint density at radius 2 is 0.828 bits per heavy atom. The Balaban J connectivity index is 1.22. The number of nitrogens with zero attached hydrogens (tertiary/aromatic N) is 2. The van der Waals surface area contributed by atoms with E-state index in [-0.39, 0.29) is 35.7 Å². The van der Waals surface area contributed by atoms with E-state index in [1.165, 1.54) is 6.42 Å². The summed E-state index contributed by atoms with van der Waals surface area (Å²) in [6, 6.07) is 0.247. The van der Waals surface area contributed by atoms with Gasteiger partial charge in [0, 0.05) is 37.8 Å². The molecule has 2 saturated carbocycles. The maximum atomic E-state index is 12.2. The van der Waals surface area contributed by atoms with Crippen LogP contribution in [0.1, 0.15) is 96.3 Å². The molecule has 0 unspecified atom stereocenters. The van der Waals surface area contributed by atoms with Crippen LogP contribution in [0.4, 0.5) is 0 Å². The molecule has 4 amide bonds. The van der Waals surface area contributed by atoms with Gasteiger partial charge in [0.15, 0.2) is 0 Å². The first kappa shape index (κ1) is 20.5. The van der Waals surface area contributed by atoms with Crippen LogP contribution in [-0.4, -0.2) is 45.5 Å². The quantitative estimate of drug-likeness (QED) is 0.674. The first-order valence-corrected chi connectivity index (χ1v) is 11.7. The topological polar surface area (TPSA) is 74.8 Å². The molecule has 0 aromatic carbocycles. The number of imide groups is 2. The number of carbonyl (C=O) groups is 4. The number of rotatable bonds is 4. The lowest BCUT2D eigenvalue weighted by molar-refractivity contribution is -0.153. The fourth-order valence-electron chi connectivity index (χ4n) is 6.11. The van der Waals surface area contributed by atoms with E-state index in [0.29, 0.717) is 50.4 Å². The minimum Gasteiger partial charge on any atom is -0.280 e. The number of hydrogen-bond donors (Lipinski definition) is 0. The van der Waals surface area contributed by atoms with Crippen molar-refractivity contribution in [2.24, 2.45) is 11.8 Å². The van der Waals surface area contributed by atoms with Crippen LogP contribution in [-0.2, 0) is 19.2 Å². The molecule has 0 bridgehead atoms. The van der Waals surface area contributed by atoms with E-state index in [9.17, 15) is 19.2 Å². The van der Waals surface area contributed by atoms with Crippen LogP contribution < -0.4 is 0 Å². The van der Waals surface area contributed by atoms with Crippen molar-refractivity contribution >= 4 is 23.6 Å². The summed E-state index contributed by atoms with van der Waals surface area (Å²) in [5.41, 5.74) is 0. The first-order chi connectivity index (χ1) is 14.0. The average Bonchev–Trinajstić information content (AvgIpc) is 2.70. The number of likely N-dealkylation sites (tertiary alicyclic amines) is 2. The van der Waals surface area contributed by atoms with Crippen molar-refractivity contribution in [1.82, 2.24) is 9.80 Å². The van der Waals surface area contributed by atoms with Crippen molar-refractivity contribution in [2.45, 2.75) is 108 Å². The second-order valence-electron chi connectivity index (χ2n) is 9.61. The van der Waals surface area contributed by atoms with Crippen LogP contribution >= 0.6 is 0 Å². The van der Waals surface area contributed by atoms with E-state index >= 15 is 0 Å². The van der Waals surface area contributed by atoms with Crippen LogP contribution in [0, 0.1) is 11.8 Å². The summed E-state index contributed by atoms with van der Waals surface area (Å²) in [5.74, 6) is 1.49. The minimum atomic E-state index is 0.0322. The van der Waals surface area contributed by atoms with Gasteiger partial charge in [-0.25, -0.2) is 0 Å². The summed E-state index contributed by atoms with van der Waals surface area (Å²) in [6.45, 7) is 0. The van der Waals surface area contributed by atoms with Gasteiger partial charge in [-0.2, -0.15) is 0 Å². The number of amides is 4. The van der Waals surface area contributed by atoms with Crippen LogP contribution in [0.15, 0.2) is 0 Å². The molecule has 6 heteroatoms. The van der Waals surface area contributed by atoms with Crippen molar-refractivity contribution in [3.8, 4) is 0 Å². The minimum absolute atomic E-state index is 0.0322. The Morgan fingerprint density at radius 1 is 0.517 bits per heavy atom. The van der Waals surface area contributed by atoms with E-state index in [4.69, 9.17) is 0 Å². The zero-order valence-electron chi connectivity index (χ0n) is 17.4. The fraction of sp³-hybridized carbons (Fsp3) is 0.826. The van der Waals surface area contributed by atoms with Gasteiger partial charge in [-0.05, 0) is 82.5 Å². The second-order valence-corrected chi connectivity index (χ2v) is 9.61. The highest BCUT2D eigenvalue weighted by Gasteiger charge is 2.37. The third kappa shape index (κ3) is 4.56. The maximum absolute atomic E-state index is 12.2. The average molecular weight is 403 g/mol. The van der Waals surface area contributed by atoms with Gasteiger partial charge < -0.3 is 0 Å². The largest absolute Gasteiger partial charge is 0.280 e. The summed E-state index contributed by atoms with van der Waals surface area (Å²) >= 11 is 0. The van der Waals surface area contributed by atoms with E-state index in [1.54, 1.807) is 9.80 Å². The third-order valence-electron chi connectivity index (χ3n) is 7.67. The maximum Gasteiger partial charge on any atom is 0.229 e. The van der Waals surface area contributed by atoms with Crippen LogP contribution in [0.3, 0.4) is 0 Å². The molecule has 29 heavy (non-hydrogen) atoms. The molecule has 0 aromatic rings. The molecule has 0 radical (unpaired) electrons. The summed E-state index contributed by atoms with van der Waals surface area (Å²) < 4.78 is 0. The lowest BCUT2D eigenvalue weighted by Crippen LogP contribution is -2.48. The third-order valence-corrected chi connectivity index (χ3v) is 7.67. The molecule has 0 aromatic heterocycles. The van der Waals surface area contributed by atoms with Crippen molar-refractivity contribution in [1.29, 1.82) is 0 Å². The zero-order chi connectivity index (χ0) is 20.4. The highest BCUT2D eigenvalue weighted by molar-refractivity contribution is 5.98. The highest BCUT2D eigenvalue weighted by Crippen LogP contribution is 2.38. The molecule has 160 valence electrons. The molecule has 0 N–H and O–H groups in total. The van der Waals surface area contributed by atoms with Crippen molar-refractivity contribution in [2.75, 3.05) is 0 Å². The Bertz CT molecular complexity index is 572. The Labute approximate surface area is 173 Å². The zero-order valence-corrected chi connectivity index (χ0v) is 17.4. The number of piperidine rings is 2. The van der Waals surface area contributed by atoms with Gasteiger partial charge in [0.2, 0.25) is 23.6 Å². The first-order valence-electron chi connectivity index (χ1n) is 11.7. The van der Waals surface area contributed by atoms with Crippen LogP contribution in [0.2, 0.25) is 0 Å². The van der Waals surface area contributed by atoms with Crippen LogP contribution in [0.5, 0.6) is 0 Å². The molecule has 4 fully saturated rings. The van der Waals surface area contributed by atoms with E-state index < -0.39 is 0 Å². The smallest absolute Gasteiger partial charge is 0.229 e. The Kier molecular flexibility index (Phi) is 6.35. The highest BCUT2D eigenvalue weighted by atomic mass is 16.2. The van der Waals surface area contributed by atoms with Crippen molar-refractivity contribution in [3.63, 3.8) is 0 Å². The molecule has 2 aliphatic heterocycles. The Morgan fingerprint density at radius 3 is 1.14 bits per heavy atom.